The molecule has 0 fully saturated rings. The molecular formula is C27H38FN3O4S. The molecule has 2 aromatic rings. The highest BCUT2D eigenvalue weighted by Crippen LogP contribution is 2.20. The second-order valence-electron chi connectivity index (χ2n) is 9.16. The molecule has 0 spiro atoms. The van der Waals surface area contributed by atoms with Crippen molar-refractivity contribution in [2.75, 3.05) is 17.1 Å². The van der Waals surface area contributed by atoms with Gasteiger partial charge in [0.25, 0.3) is 0 Å². The fourth-order valence-electron chi connectivity index (χ4n) is 3.86. The maximum Gasteiger partial charge on any atom is 0.243 e. The highest BCUT2D eigenvalue weighted by atomic mass is 32.2. The minimum atomic E-state index is -3.54. The SMILES string of the molecule is CCC(C)NC(=O)C(CC)N(Cc1ccc(F)cc1)C(=O)CCCN(c1ccc(C)cc1)S(C)(=O)=O. The number of sulfonamides is 1. The van der Waals surface area contributed by atoms with E-state index in [9.17, 15) is 22.4 Å². The summed E-state index contributed by atoms with van der Waals surface area (Å²) >= 11 is 0. The molecule has 0 aromatic heterocycles. The number of nitrogens with zero attached hydrogens (tertiary/aromatic N) is 2. The van der Waals surface area contributed by atoms with Crippen molar-refractivity contribution in [1.29, 1.82) is 0 Å². The van der Waals surface area contributed by atoms with E-state index in [1.807, 2.05) is 39.8 Å². The molecule has 36 heavy (non-hydrogen) atoms. The number of hydrogen-bond acceptors (Lipinski definition) is 4. The summed E-state index contributed by atoms with van der Waals surface area (Å²) in [5.41, 5.74) is 2.26. The Balaban J connectivity index is 2.21. The van der Waals surface area contributed by atoms with Gasteiger partial charge < -0.3 is 10.2 Å². The maximum absolute atomic E-state index is 13.4. The highest BCUT2D eigenvalue weighted by molar-refractivity contribution is 7.92. The van der Waals surface area contributed by atoms with E-state index >= 15 is 0 Å². The van der Waals surface area contributed by atoms with Gasteiger partial charge in [-0.2, -0.15) is 0 Å². The first-order valence-corrected chi connectivity index (χ1v) is 14.2. The first-order valence-electron chi connectivity index (χ1n) is 12.3. The molecule has 0 aliphatic rings. The van der Waals surface area contributed by atoms with Crippen LogP contribution >= 0.6 is 0 Å². The van der Waals surface area contributed by atoms with Crippen molar-refractivity contribution in [3.05, 3.63) is 65.5 Å². The Morgan fingerprint density at radius 1 is 1.00 bits per heavy atom. The topological polar surface area (TPSA) is 86.8 Å². The number of amides is 2. The number of rotatable bonds is 13. The molecule has 0 saturated carbocycles. The number of hydrogen-bond donors (Lipinski definition) is 1. The van der Waals surface area contributed by atoms with Gasteiger partial charge in [0.1, 0.15) is 11.9 Å². The van der Waals surface area contributed by atoms with Gasteiger partial charge in [0, 0.05) is 25.6 Å². The lowest BCUT2D eigenvalue weighted by Crippen LogP contribution is -2.50. The molecule has 2 rings (SSSR count). The van der Waals surface area contributed by atoms with Crippen LogP contribution in [0.5, 0.6) is 0 Å². The van der Waals surface area contributed by atoms with Crippen molar-refractivity contribution in [2.24, 2.45) is 0 Å². The van der Waals surface area contributed by atoms with Gasteiger partial charge in [-0.15, -0.1) is 0 Å². The van der Waals surface area contributed by atoms with Crippen molar-refractivity contribution in [1.82, 2.24) is 10.2 Å². The maximum atomic E-state index is 13.4. The highest BCUT2D eigenvalue weighted by Gasteiger charge is 2.29. The van der Waals surface area contributed by atoms with Gasteiger partial charge >= 0.3 is 0 Å². The fraction of sp³-hybridized carbons (Fsp3) is 0.481. The molecule has 198 valence electrons. The molecule has 7 nitrogen and oxygen atoms in total. The molecule has 0 aliphatic carbocycles. The van der Waals surface area contributed by atoms with E-state index in [2.05, 4.69) is 5.32 Å². The van der Waals surface area contributed by atoms with Crippen LogP contribution in [0.15, 0.2) is 48.5 Å². The van der Waals surface area contributed by atoms with E-state index in [0.29, 0.717) is 17.7 Å². The number of benzene rings is 2. The van der Waals surface area contributed by atoms with Crippen LogP contribution in [0.4, 0.5) is 10.1 Å². The largest absolute Gasteiger partial charge is 0.352 e. The predicted molar refractivity (Wildman–Crippen MR) is 142 cm³/mol. The number of halogens is 1. The van der Waals surface area contributed by atoms with Crippen LogP contribution in [0, 0.1) is 12.7 Å². The number of aryl methyl sites for hydroxylation is 1. The minimum Gasteiger partial charge on any atom is -0.352 e. The quantitative estimate of drug-likeness (QED) is 0.425. The lowest BCUT2D eigenvalue weighted by molar-refractivity contribution is -0.141. The summed E-state index contributed by atoms with van der Waals surface area (Å²) < 4.78 is 39.5. The smallest absolute Gasteiger partial charge is 0.243 e. The Bertz CT molecular complexity index is 1100. The van der Waals surface area contributed by atoms with Gasteiger partial charge in [-0.05, 0) is 62.9 Å². The van der Waals surface area contributed by atoms with Crippen molar-refractivity contribution in [3.63, 3.8) is 0 Å². The van der Waals surface area contributed by atoms with Crippen molar-refractivity contribution in [3.8, 4) is 0 Å². The van der Waals surface area contributed by atoms with Gasteiger partial charge in [-0.25, -0.2) is 12.8 Å². The minimum absolute atomic E-state index is 0.0350. The van der Waals surface area contributed by atoms with E-state index in [1.165, 1.54) is 21.3 Å². The predicted octanol–water partition coefficient (Wildman–Crippen LogP) is 4.40. The van der Waals surface area contributed by atoms with E-state index in [-0.39, 0.29) is 49.6 Å². The zero-order chi connectivity index (χ0) is 26.9. The Kier molecular flexibility index (Phi) is 10.9. The summed E-state index contributed by atoms with van der Waals surface area (Å²) in [5.74, 6) is -0.877. The monoisotopic (exact) mass is 519 g/mol. The van der Waals surface area contributed by atoms with Crippen LogP contribution < -0.4 is 9.62 Å². The molecule has 0 saturated heterocycles. The Hall–Kier alpha value is -2.94. The molecule has 9 heteroatoms. The third-order valence-corrected chi connectivity index (χ3v) is 7.32. The average Bonchev–Trinajstić information content (AvgIpc) is 2.82. The molecule has 0 aliphatic heterocycles. The molecule has 2 atom stereocenters. The van der Waals surface area contributed by atoms with Crippen LogP contribution in [-0.2, 0) is 26.2 Å². The van der Waals surface area contributed by atoms with Crippen LogP contribution in [0.25, 0.3) is 0 Å². The molecule has 0 radical (unpaired) electrons. The summed E-state index contributed by atoms with van der Waals surface area (Å²) in [4.78, 5) is 27.9. The summed E-state index contributed by atoms with van der Waals surface area (Å²) in [6.07, 6.45) is 2.65. The summed E-state index contributed by atoms with van der Waals surface area (Å²) in [6, 6.07) is 12.3. The van der Waals surface area contributed by atoms with E-state index < -0.39 is 16.1 Å². The summed E-state index contributed by atoms with van der Waals surface area (Å²) in [7, 11) is -3.54. The first kappa shape index (κ1) is 29.3. The van der Waals surface area contributed by atoms with Crippen molar-refractivity contribution in [2.45, 2.75) is 72.0 Å². The first-order chi connectivity index (χ1) is 17.0. The van der Waals surface area contributed by atoms with E-state index in [4.69, 9.17) is 0 Å². The molecule has 1 N–H and O–H groups in total. The molecule has 0 bridgehead atoms. The lowest BCUT2D eigenvalue weighted by Gasteiger charge is -2.32. The van der Waals surface area contributed by atoms with E-state index in [0.717, 1.165) is 18.2 Å². The molecule has 2 unspecified atom stereocenters. The average molecular weight is 520 g/mol. The van der Waals surface area contributed by atoms with Gasteiger partial charge in [0.2, 0.25) is 21.8 Å². The van der Waals surface area contributed by atoms with Gasteiger partial charge in [-0.3, -0.25) is 13.9 Å². The van der Waals surface area contributed by atoms with Crippen LogP contribution in [-0.4, -0.2) is 50.0 Å². The van der Waals surface area contributed by atoms with Crippen molar-refractivity contribution < 1.29 is 22.4 Å². The van der Waals surface area contributed by atoms with Crippen molar-refractivity contribution >= 4 is 27.5 Å². The zero-order valence-corrected chi connectivity index (χ0v) is 22.6. The van der Waals surface area contributed by atoms with Gasteiger partial charge in [0.15, 0.2) is 0 Å². The third-order valence-electron chi connectivity index (χ3n) is 6.13. The molecule has 0 heterocycles. The summed E-state index contributed by atoms with van der Waals surface area (Å²) in [6.45, 7) is 7.92. The molecule has 2 amide bonds. The number of carbonyl (C=O) groups is 2. The Morgan fingerprint density at radius 2 is 1.61 bits per heavy atom. The molecule has 2 aromatic carbocycles. The standard InChI is InChI=1S/C27H38FN3O4S/c1-6-21(4)29-27(33)25(7-2)30(19-22-12-14-23(28)15-13-22)26(32)9-8-18-31(36(5,34)35)24-16-10-20(3)11-17-24/h10-17,21,25H,6-9,18-19H2,1-5H3,(H,29,33). The molecular weight excluding hydrogens is 481 g/mol. The summed E-state index contributed by atoms with van der Waals surface area (Å²) in [5, 5.41) is 2.95. The van der Waals surface area contributed by atoms with Gasteiger partial charge in [-0.1, -0.05) is 43.7 Å². The van der Waals surface area contributed by atoms with Crippen LogP contribution in [0.1, 0.15) is 57.6 Å². The van der Waals surface area contributed by atoms with Crippen LogP contribution in [0.2, 0.25) is 0 Å². The Labute approximate surface area is 214 Å². The van der Waals surface area contributed by atoms with Crippen LogP contribution in [0.3, 0.4) is 0 Å². The third kappa shape index (κ3) is 8.62. The fourth-order valence-corrected chi connectivity index (χ4v) is 4.83. The zero-order valence-electron chi connectivity index (χ0n) is 21.8. The van der Waals surface area contributed by atoms with E-state index in [1.54, 1.807) is 24.3 Å². The number of nitrogens with one attached hydrogen (secondary N) is 1. The lowest BCUT2D eigenvalue weighted by atomic mass is 10.1. The number of anilines is 1. The number of carbonyl (C=O) groups excluding carboxylic acids is 2. The second-order valence-corrected chi connectivity index (χ2v) is 11.1. The normalized spacial score (nSPS) is 13.1. The van der Waals surface area contributed by atoms with Gasteiger partial charge in [0.05, 0.1) is 11.9 Å². The second kappa shape index (κ2) is 13.4. The Morgan fingerprint density at radius 3 is 2.14 bits per heavy atom.